The van der Waals surface area contributed by atoms with Crippen molar-refractivity contribution in [2.75, 3.05) is 24.4 Å². The zero-order chi connectivity index (χ0) is 31.2. The van der Waals surface area contributed by atoms with Crippen LogP contribution in [-0.2, 0) is 9.59 Å². The molecule has 0 unspecified atom stereocenters. The normalized spacial score (nSPS) is 18.5. The number of ether oxygens (including phenoxy) is 3. The molecule has 3 aromatic carbocycles. The molecule has 0 fully saturated rings. The van der Waals surface area contributed by atoms with Gasteiger partial charge in [-0.2, -0.15) is 0 Å². The molecule has 0 spiro atoms. The minimum absolute atomic E-state index is 0.000364. The first-order valence-corrected chi connectivity index (χ1v) is 15.8. The fourth-order valence-electron chi connectivity index (χ4n) is 6.26. The highest BCUT2D eigenvalue weighted by Gasteiger charge is 2.42. The van der Waals surface area contributed by atoms with Gasteiger partial charge in [-0.1, -0.05) is 63.1 Å². The number of para-hydroxylation sites is 3. The van der Waals surface area contributed by atoms with Crippen LogP contribution in [0.5, 0.6) is 17.2 Å². The number of ketones is 1. The van der Waals surface area contributed by atoms with Gasteiger partial charge >= 0.3 is 0 Å². The largest absolute Gasteiger partial charge is 0.493 e. The summed E-state index contributed by atoms with van der Waals surface area (Å²) < 4.78 is 17.5. The van der Waals surface area contributed by atoms with Gasteiger partial charge in [-0.25, -0.2) is 0 Å². The number of benzene rings is 3. The number of amides is 1. The van der Waals surface area contributed by atoms with E-state index >= 15 is 0 Å². The van der Waals surface area contributed by atoms with Gasteiger partial charge in [0.15, 0.2) is 17.3 Å². The molecule has 3 aromatic rings. The van der Waals surface area contributed by atoms with Crippen molar-refractivity contribution in [1.29, 1.82) is 0 Å². The maximum atomic E-state index is 14.5. The van der Waals surface area contributed by atoms with Gasteiger partial charge in [-0.15, -0.1) is 0 Å². The number of anilines is 2. The molecule has 7 heteroatoms. The van der Waals surface area contributed by atoms with Crippen LogP contribution in [0, 0.1) is 0 Å². The van der Waals surface area contributed by atoms with E-state index in [-0.39, 0.29) is 23.7 Å². The first-order valence-electron chi connectivity index (χ1n) is 15.8. The predicted octanol–water partition coefficient (Wildman–Crippen LogP) is 8.36. The van der Waals surface area contributed by atoms with Gasteiger partial charge in [0.1, 0.15) is 5.75 Å². The molecule has 2 aliphatic rings. The molecule has 232 valence electrons. The molecular formula is C37H44N2O5. The Bertz CT molecular complexity index is 1530. The molecular weight excluding hydrogens is 552 g/mol. The lowest BCUT2D eigenvalue weighted by Gasteiger charge is -2.36. The van der Waals surface area contributed by atoms with E-state index in [0.717, 1.165) is 53.9 Å². The van der Waals surface area contributed by atoms with E-state index < -0.39 is 6.04 Å². The summed E-state index contributed by atoms with van der Waals surface area (Å²) in [6.45, 7) is 6.26. The predicted molar refractivity (Wildman–Crippen MR) is 175 cm³/mol. The number of rotatable bonds is 11. The molecule has 0 bridgehead atoms. The molecule has 0 saturated heterocycles. The molecule has 1 aliphatic heterocycles. The molecule has 1 amide bonds. The van der Waals surface area contributed by atoms with Crippen LogP contribution in [0.15, 0.2) is 78.0 Å². The second-order valence-corrected chi connectivity index (χ2v) is 11.7. The van der Waals surface area contributed by atoms with E-state index in [0.29, 0.717) is 42.1 Å². The summed E-state index contributed by atoms with van der Waals surface area (Å²) in [4.78, 5) is 30.6. The quantitative estimate of drug-likeness (QED) is 0.224. The number of nitrogens with one attached hydrogen (secondary N) is 1. The summed E-state index contributed by atoms with van der Waals surface area (Å²) in [5, 5.41) is 3.63. The number of fused-ring (bicyclic) bond motifs is 1. The minimum Gasteiger partial charge on any atom is -0.493 e. The van der Waals surface area contributed by atoms with E-state index in [9.17, 15) is 9.59 Å². The molecule has 0 saturated carbocycles. The lowest BCUT2D eigenvalue weighted by atomic mass is 9.78. The van der Waals surface area contributed by atoms with Crippen LogP contribution < -0.4 is 24.4 Å². The van der Waals surface area contributed by atoms with E-state index in [2.05, 4.69) is 19.2 Å². The Balaban J connectivity index is 1.68. The standard InChI is InChI=1S/C37H44N2O5/c1-6-8-9-18-35(41)39-30-16-12-11-15-28(30)38-29-21-26(25-19-20-33(42-4)34(23-25)43-5)22-31(40)36(29)37(39)27-14-10-13-17-32(27)44-24(3)7-2/h10-17,19-20,23-24,26,37-38H,6-9,18,21-22H2,1-5H3/t24-,26+,37-/m0/s1. The van der Waals surface area contributed by atoms with Gasteiger partial charge in [0.2, 0.25) is 5.91 Å². The number of hydrogen-bond acceptors (Lipinski definition) is 6. The molecule has 44 heavy (non-hydrogen) atoms. The Labute approximate surface area is 261 Å². The third-order valence-corrected chi connectivity index (χ3v) is 8.75. The summed E-state index contributed by atoms with van der Waals surface area (Å²) >= 11 is 0. The van der Waals surface area contributed by atoms with Crippen molar-refractivity contribution < 1.29 is 23.8 Å². The Morgan fingerprint density at radius 2 is 1.68 bits per heavy atom. The van der Waals surface area contributed by atoms with Crippen molar-refractivity contribution in [3.8, 4) is 17.2 Å². The van der Waals surface area contributed by atoms with Gasteiger partial charge in [0.05, 0.1) is 37.7 Å². The number of nitrogens with zero attached hydrogens (tertiary/aromatic N) is 1. The third kappa shape index (κ3) is 6.33. The lowest BCUT2D eigenvalue weighted by Crippen LogP contribution is -2.38. The van der Waals surface area contributed by atoms with Gasteiger partial charge in [-0.05, 0) is 68.0 Å². The van der Waals surface area contributed by atoms with Gasteiger partial charge in [0, 0.05) is 29.7 Å². The van der Waals surface area contributed by atoms with Crippen molar-refractivity contribution in [3.63, 3.8) is 0 Å². The Kier molecular flexibility index (Phi) is 9.93. The summed E-state index contributed by atoms with van der Waals surface area (Å²) in [7, 11) is 3.23. The van der Waals surface area contributed by atoms with Crippen LogP contribution >= 0.6 is 0 Å². The minimum atomic E-state index is -0.630. The fraction of sp³-hybridized carbons (Fsp3) is 0.405. The lowest BCUT2D eigenvalue weighted by molar-refractivity contribution is -0.119. The first-order chi connectivity index (χ1) is 21.4. The number of carbonyl (C=O) groups is 2. The third-order valence-electron chi connectivity index (χ3n) is 8.75. The summed E-state index contributed by atoms with van der Waals surface area (Å²) in [6.07, 6.45) is 4.92. The molecule has 5 rings (SSSR count). The fourth-order valence-corrected chi connectivity index (χ4v) is 6.26. The number of allylic oxidation sites excluding steroid dienone is 1. The molecule has 1 heterocycles. The Hall–Kier alpha value is -4.26. The first kappa shape index (κ1) is 31.2. The van der Waals surface area contributed by atoms with Crippen molar-refractivity contribution in [2.24, 2.45) is 0 Å². The van der Waals surface area contributed by atoms with Crippen LogP contribution in [-0.4, -0.2) is 32.0 Å². The summed E-state index contributed by atoms with van der Waals surface area (Å²) in [5.74, 6) is 1.92. The Morgan fingerprint density at radius 1 is 0.932 bits per heavy atom. The van der Waals surface area contributed by atoms with E-state index in [4.69, 9.17) is 14.2 Å². The molecule has 0 aromatic heterocycles. The monoisotopic (exact) mass is 596 g/mol. The van der Waals surface area contributed by atoms with Crippen LogP contribution in [0.3, 0.4) is 0 Å². The second kappa shape index (κ2) is 14.0. The highest BCUT2D eigenvalue weighted by atomic mass is 16.5. The number of unbranched alkanes of at least 4 members (excludes halogenated alkanes) is 2. The molecule has 7 nitrogen and oxygen atoms in total. The number of methoxy groups -OCH3 is 2. The van der Waals surface area contributed by atoms with E-state index in [1.165, 1.54) is 0 Å². The Morgan fingerprint density at radius 3 is 2.43 bits per heavy atom. The van der Waals surface area contributed by atoms with Gasteiger partial charge in [-0.3, -0.25) is 14.5 Å². The number of Topliss-reactive ketones (excluding diaryl/α,β-unsaturated/α-hetero) is 1. The van der Waals surface area contributed by atoms with E-state index in [1.807, 2.05) is 78.6 Å². The maximum absolute atomic E-state index is 14.5. The van der Waals surface area contributed by atoms with Crippen LogP contribution in [0.25, 0.3) is 0 Å². The number of carbonyl (C=O) groups excluding carboxylic acids is 2. The molecule has 0 radical (unpaired) electrons. The van der Waals surface area contributed by atoms with Crippen LogP contribution in [0.2, 0.25) is 0 Å². The second-order valence-electron chi connectivity index (χ2n) is 11.7. The topological polar surface area (TPSA) is 77.1 Å². The molecule has 1 aliphatic carbocycles. The average molecular weight is 597 g/mol. The average Bonchev–Trinajstić information content (AvgIpc) is 3.19. The van der Waals surface area contributed by atoms with E-state index in [1.54, 1.807) is 14.2 Å². The van der Waals surface area contributed by atoms with Crippen molar-refractivity contribution in [3.05, 3.63) is 89.1 Å². The zero-order valence-electron chi connectivity index (χ0n) is 26.5. The van der Waals surface area contributed by atoms with Gasteiger partial charge < -0.3 is 19.5 Å². The molecule has 3 atom stereocenters. The summed E-state index contributed by atoms with van der Waals surface area (Å²) in [5.41, 5.74) is 4.87. The van der Waals surface area contributed by atoms with Crippen molar-refractivity contribution in [2.45, 2.75) is 83.8 Å². The van der Waals surface area contributed by atoms with Crippen molar-refractivity contribution in [1.82, 2.24) is 0 Å². The van der Waals surface area contributed by atoms with Gasteiger partial charge in [0.25, 0.3) is 0 Å². The highest BCUT2D eigenvalue weighted by molar-refractivity contribution is 6.06. The number of hydrogen-bond donors (Lipinski definition) is 1. The SMILES string of the molecule is CCCCCC(=O)N1c2ccccc2NC2=C(C(=O)C[C@H](c3ccc(OC)c(OC)c3)C2)[C@@H]1c1ccccc1O[C@@H](C)CC. The van der Waals surface area contributed by atoms with Crippen molar-refractivity contribution >= 4 is 23.1 Å². The highest BCUT2D eigenvalue weighted by Crippen LogP contribution is 2.49. The smallest absolute Gasteiger partial charge is 0.227 e. The molecule has 1 N–H and O–H groups in total. The van der Waals surface area contributed by atoms with Crippen LogP contribution in [0.1, 0.15) is 88.8 Å². The maximum Gasteiger partial charge on any atom is 0.227 e. The van der Waals surface area contributed by atoms with Crippen LogP contribution in [0.4, 0.5) is 11.4 Å². The summed E-state index contributed by atoms with van der Waals surface area (Å²) in [6, 6.07) is 21.0. The zero-order valence-corrected chi connectivity index (χ0v) is 26.5.